The number of sulfonamides is 1. The molecule has 2 aliphatic rings. The Balaban J connectivity index is 1.18. The maximum Gasteiger partial charge on any atom is 0.251 e. The lowest BCUT2D eigenvalue weighted by Crippen LogP contribution is -2.47. The minimum atomic E-state index is -3.45. The predicted octanol–water partition coefficient (Wildman–Crippen LogP) is 2.72. The fourth-order valence-corrected chi connectivity index (χ4v) is 6.03. The SMILES string of the molecule is Cc1cccc(N2CCN(CCCNC(=O)c3ccc(S(=O)(=O)N4CCCC4)cc3)CC2)c1. The quantitative estimate of drug-likeness (QED) is 0.601. The van der Waals surface area contributed by atoms with Gasteiger partial charge in [0.05, 0.1) is 4.90 Å². The molecule has 4 rings (SSSR count). The molecular formula is C25H34N4O3S. The first-order valence-corrected chi connectivity index (χ1v) is 13.3. The van der Waals surface area contributed by atoms with Crippen LogP contribution in [-0.4, -0.2) is 75.9 Å². The van der Waals surface area contributed by atoms with Gasteiger partial charge in [0.15, 0.2) is 0 Å². The van der Waals surface area contributed by atoms with E-state index >= 15 is 0 Å². The predicted molar refractivity (Wildman–Crippen MR) is 131 cm³/mol. The van der Waals surface area contributed by atoms with Crippen LogP contribution in [0.2, 0.25) is 0 Å². The van der Waals surface area contributed by atoms with Crippen molar-refractivity contribution in [3.8, 4) is 0 Å². The smallest absolute Gasteiger partial charge is 0.251 e. The molecule has 0 saturated carbocycles. The van der Waals surface area contributed by atoms with Gasteiger partial charge in [-0.25, -0.2) is 8.42 Å². The molecule has 0 aliphatic carbocycles. The molecule has 8 heteroatoms. The zero-order valence-electron chi connectivity index (χ0n) is 19.4. The third-order valence-electron chi connectivity index (χ3n) is 6.50. The molecule has 178 valence electrons. The van der Waals surface area contributed by atoms with Crippen molar-refractivity contribution in [2.45, 2.75) is 31.1 Å². The summed E-state index contributed by atoms with van der Waals surface area (Å²) in [6, 6.07) is 14.9. The van der Waals surface area contributed by atoms with Crippen molar-refractivity contribution in [1.82, 2.24) is 14.5 Å². The van der Waals surface area contributed by atoms with Crippen LogP contribution in [0.25, 0.3) is 0 Å². The second-order valence-corrected chi connectivity index (χ2v) is 10.9. The number of piperazine rings is 1. The molecule has 0 spiro atoms. The van der Waals surface area contributed by atoms with Crippen LogP contribution in [0, 0.1) is 6.92 Å². The summed E-state index contributed by atoms with van der Waals surface area (Å²) in [6.07, 6.45) is 2.70. The van der Waals surface area contributed by atoms with Crippen molar-refractivity contribution in [2.24, 2.45) is 0 Å². The van der Waals surface area contributed by atoms with Crippen LogP contribution in [0.4, 0.5) is 5.69 Å². The van der Waals surface area contributed by atoms with Gasteiger partial charge in [-0.2, -0.15) is 4.31 Å². The molecule has 0 atom stereocenters. The van der Waals surface area contributed by atoms with Crippen molar-refractivity contribution in [2.75, 3.05) is 57.3 Å². The molecule has 0 unspecified atom stereocenters. The van der Waals surface area contributed by atoms with Crippen LogP contribution in [0.5, 0.6) is 0 Å². The Morgan fingerprint density at radius 1 is 0.939 bits per heavy atom. The Kier molecular flexibility index (Phi) is 7.67. The number of amides is 1. The first-order valence-electron chi connectivity index (χ1n) is 11.9. The molecule has 0 radical (unpaired) electrons. The molecule has 2 aromatic carbocycles. The van der Waals surface area contributed by atoms with Crippen molar-refractivity contribution in [3.05, 3.63) is 59.7 Å². The summed E-state index contributed by atoms with van der Waals surface area (Å²) in [5, 5.41) is 2.96. The molecule has 0 aromatic heterocycles. The summed E-state index contributed by atoms with van der Waals surface area (Å²) < 4.78 is 26.7. The zero-order valence-corrected chi connectivity index (χ0v) is 20.2. The number of carbonyl (C=O) groups is 1. The van der Waals surface area contributed by atoms with Gasteiger partial charge in [-0.3, -0.25) is 9.69 Å². The number of aryl methyl sites for hydroxylation is 1. The van der Waals surface area contributed by atoms with Gasteiger partial charge in [0, 0.05) is 57.1 Å². The van der Waals surface area contributed by atoms with Crippen LogP contribution in [0.3, 0.4) is 0 Å². The fourth-order valence-electron chi connectivity index (χ4n) is 4.52. The van der Waals surface area contributed by atoms with E-state index in [2.05, 4.69) is 46.3 Å². The monoisotopic (exact) mass is 470 g/mol. The van der Waals surface area contributed by atoms with E-state index in [4.69, 9.17) is 0 Å². The van der Waals surface area contributed by atoms with Gasteiger partial charge in [0.1, 0.15) is 0 Å². The van der Waals surface area contributed by atoms with E-state index in [1.54, 1.807) is 12.1 Å². The Hall–Kier alpha value is -2.42. The van der Waals surface area contributed by atoms with E-state index in [-0.39, 0.29) is 10.8 Å². The number of rotatable bonds is 8. The summed E-state index contributed by atoms with van der Waals surface area (Å²) in [7, 11) is -3.45. The first kappa shape index (κ1) is 23.7. The maximum atomic E-state index is 12.6. The summed E-state index contributed by atoms with van der Waals surface area (Å²) in [6.45, 7) is 8.91. The minimum absolute atomic E-state index is 0.163. The normalized spacial score (nSPS) is 17.9. The average molecular weight is 471 g/mol. The van der Waals surface area contributed by atoms with E-state index in [1.807, 2.05) is 0 Å². The van der Waals surface area contributed by atoms with Crippen molar-refractivity contribution >= 4 is 21.6 Å². The van der Waals surface area contributed by atoms with Gasteiger partial charge >= 0.3 is 0 Å². The minimum Gasteiger partial charge on any atom is -0.369 e. The Morgan fingerprint density at radius 3 is 2.30 bits per heavy atom. The molecule has 33 heavy (non-hydrogen) atoms. The number of carbonyl (C=O) groups excluding carboxylic acids is 1. The third-order valence-corrected chi connectivity index (χ3v) is 8.41. The molecule has 1 N–H and O–H groups in total. The lowest BCUT2D eigenvalue weighted by Gasteiger charge is -2.36. The van der Waals surface area contributed by atoms with Crippen LogP contribution >= 0.6 is 0 Å². The number of nitrogens with zero attached hydrogens (tertiary/aromatic N) is 3. The zero-order chi connectivity index (χ0) is 23.3. The summed E-state index contributed by atoms with van der Waals surface area (Å²) in [5.41, 5.74) is 3.07. The van der Waals surface area contributed by atoms with Crippen LogP contribution in [0.15, 0.2) is 53.4 Å². The largest absolute Gasteiger partial charge is 0.369 e. The molecule has 2 heterocycles. The Labute approximate surface area is 197 Å². The Morgan fingerprint density at radius 2 is 1.64 bits per heavy atom. The van der Waals surface area contributed by atoms with Crippen molar-refractivity contribution in [3.63, 3.8) is 0 Å². The van der Waals surface area contributed by atoms with Crippen LogP contribution in [-0.2, 0) is 10.0 Å². The van der Waals surface area contributed by atoms with Gasteiger partial charge in [0.25, 0.3) is 5.91 Å². The van der Waals surface area contributed by atoms with Gasteiger partial charge < -0.3 is 10.2 Å². The topological polar surface area (TPSA) is 73.0 Å². The summed E-state index contributed by atoms with van der Waals surface area (Å²) in [5.74, 6) is -0.163. The number of nitrogens with one attached hydrogen (secondary N) is 1. The highest BCUT2D eigenvalue weighted by Crippen LogP contribution is 2.21. The molecular weight excluding hydrogens is 436 g/mol. The lowest BCUT2D eigenvalue weighted by molar-refractivity contribution is 0.0951. The number of hydrogen-bond donors (Lipinski definition) is 1. The van der Waals surface area contributed by atoms with Gasteiger partial charge in [0.2, 0.25) is 10.0 Å². The molecule has 2 aromatic rings. The average Bonchev–Trinajstić information content (AvgIpc) is 3.38. The maximum absolute atomic E-state index is 12.6. The molecule has 7 nitrogen and oxygen atoms in total. The standard InChI is InChI=1S/C25H34N4O3S/c1-21-6-4-7-23(20-21)28-18-16-27(17-19-28)13-5-12-26-25(30)22-8-10-24(11-9-22)33(31,32)29-14-2-3-15-29/h4,6-11,20H,2-3,5,12-19H2,1H3,(H,26,30). The fraction of sp³-hybridized carbons (Fsp3) is 0.480. The first-order chi connectivity index (χ1) is 15.9. The molecule has 2 fully saturated rings. The van der Waals surface area contributed by atoms with Gasteiger partial charge in [-0.05, 0) is 74.7 Å². The number of benzene rings is 2. The van der Waals surface area contributed by atoms with Crippen molar-refractivity contribution < 1.29 is 13.2 Å². The second kappa shape index (κ2) is 10.7. The van der Waals surface area contributed by atoms with E-state index in [0.717, 1.165) is 52.0 Å². The second-order valence-electron chi connectivity index (χ2n) is 8.91. The van der Waals surface area contributed by atoms with E-state index in [0.29, 0.717) is 25.2 Å². The highest BCUT2D eigenvalue weighted by atomic mass is 32.2. The lowest BCUT2D eigenvalue weighted by atomic mass is 10.2. The molecule has 2 aliphatic heterocycles. The molecule has 0 bridgehead atoms. The molecule has 1 amide bonds. The van der Waals surface area contributed by atoms with Crippen LogP contribution in [0.1, 0.15) is 35.2 Å². The third kappa shape index (κ3) is 5.93. The number of anilines is 1. The highest BCUT2D eigenvalue weighted by molar-refractivity contribution is 7.89. The Bertz CT molecular complexity index is 1040. The summed E-state index contributed by atoms with van der Waals surface area (Å²) in [4.78, 5) is 17.6. The number of hydrogen-bond acceptors (Lipinski definition) is 5. The summed E-state index contributed by atoms with van der Waals surface area (Å²) >= 11 is 0. The van der Waals surface area contributed by atoms with Crippen molar-refractivity contribution in [1.29, 1.82) is 0 Å². The highest BCUT2D eigenvalue weighted by Gasteiger charge is 2.27. The van der Waals surface area contributed by atoms with E-state index < -0.39 is 10.0 Å². The van der Waals surface area contributed by atoms with E-state index in [9.17, 15) is 13.2 Å². The van der Waals surface area contributed by atoms with Crippen LogP contribution < -0.4 is 10.2 Å². The van der Waals surface area contributed by atoms with Gasteiger partial charge in [-0.15, -0.1) is 0 Å². The molecule has 2 saturated heterocycles. The van der Waals surface area contributed by atoms with Gasteiger partial charge in [-0.1, -0.05) is 12.1 Å². The van der Waals surface area contributed by atoms with E-state index in [1.165, 1.54) is 27.7 Å².